The minimum atomic E-state index is -4.62. The first-order valence-corrected chi connectivity index (χ1v) is 25.0. The van der Waals surface area contributed by atoms with Gasteiger partial charge in [-0.05, 0) is 97.8 Å². The summed E-state index contributed by atoms with van der Waals surface area (Å²) in [4.78, 5) is 68.8. The zero-order chi connectivity index (χ0) is 51.7. The first kappa shape index (κ1) is 49.1. The number of nitrogens with zero attached hydrogens (tertiary/aromatic N) is 12. The van der Waals surface area contributed by atoms with Gasteiger partial charge in [0.2, 0.25) is 21.9 Å². The van der Waals surface area contributed by atoms with E-state index in [-0.39, 0.29) is 34.1 Å². The van der Waals surface area contributed by atoms with Gasteiger partial charge in [-0.25, -0.2) is 52.2 Å². The lowest BCUT2D eigenvalue weighted by molar-refractivity contribution is -0.665. The van der Waals surface area contributed by atoms with Crippen LogP contribution in [-0.2, 0) is 22.7 Å². The number of rotatable bonds is 14. The highest BCUT2D eigenvalue weighted by Crippen LogP contribution is 2.32. The molecule has 10 rings (SSSR count). The van der Waals surface area contributed by atoms with E-state index in [1.165, 1.54) is 32.6 Å². The van der Waals surface area contributed by atoms with Gasteiger partial charge in [0, 0.05) is 80.2 Å². The molecule has 0 radical (unpaired) electrons. The molecule has 20 nitrogen and oxygen atoms in total. The van der Waals surface area contributed by atoms with Crippen LogP contribution >= 0.6 is 0 Å². The van der Waals surface area contributed by atoms with Gasteiger partial charge in [-0.2, -0.15) is 13.2 Å². The van der Waals surface area contributed by atoms with Crippen molar-refractivity contribution in [2.75, 3.05) is 71.3 Å². The van der Waals surface area contributed by atoms with E-state index >= 15 is 0 Å². The van der Waals surface area contributed by atoms with E-state index in [1.54, 1.807) is 67.3 Å². The smallest absolute Gasteiger partial charge is 0.341 e. The van der Waals surface area contributed by atoms with Gasteiger partial charge < -0.3 is 31.1 Å². The van der Waals surface area contributed by atoms with Gasteiger partial charge in [0.25, 0.3) is 24.0 Å². The SMILES string of the molecule is Cc1ccc(C(=O)Nc2cc(C(F)(F)F)ccn2)cc1Nc1nc[n+](Cc2ccc(C(=O)Nc3cccc(S(=O)(=O)N(C)C)c3)cc2Nc2ncnc3cnc(N4CCCC4)nc23)c2cnc(N3CCCC3)nc12. The van der Waals surface area contributed by atoms with E-state index in [2.05, 4.69) is 51.0 Å². The van der Waals surface area contributed by atoms with Crippen LogP contribution in [0.25, 0.3) is 22.1 Å². The standard InChI is InChI=1S/C50H47F3N16O4S/c1-30-11-12-31(47(71)63-41-23-34(15-16-54-41)50(51,52)53)21-37(30)61-45-43-40(26-56-49(65-43)68-19-6-7-20-68)69(29-59-45)27-33-14-13-32(46(70)60-35-9-8-10-36(24-35)74(72,73)66(2)3)22-38(33)62-44-42-39(57-28-58-44)25-55-48(64-42)67-17-4-5-18-67/h8-16,21-26,28-29H,4-7,17-20,27H2,1-3H3,(H3,54,57,58,60,62,63,70,71)/p+1. The van der Waals surface area contributed by atoms with Gasteiger partial charge in [-0.1, -0.05) is 18.2 Å². The number of carbonyl (C=O) groups is 2. The molecule has 0 spiro atoms. The van der Waals surface area contributed by atoms with Crippen LogP contribution in [0, 0.1) is 6.92 Å². The molecule has 2 fully saturated rings. The summed E-state index contributed by atoms with van der Waals surface area (Å²) < 4.78 is 69.1. The number of fused-ring (bicyclic) bond motifs is 2. The Bertz CT molecular complexity index is 3590. The average Bonchev–Trinajstić information content (AvgIpc) is 4.15. The highest BCUT2D eigenvalue weighted by atomic mass is 32.2. The molecule has 2 aliphatic heterocycles. The van der Waals surface area contributed by atoms with Crippen LogP contribution in [0.4, 0.5) is 59.6 Å². The Morgan fingerprint density at radius 1 is 0.716 bits per heavy atom. The minimum Gasteiger partial charge on any atom is -0.341 e. The number of amides is 2. The number of hydrogen-bond acceptors (Lipinski definition) is 16. The van der Waals surface area contributed by atoms with Gasteiger partial charge in [-0.15, -0.1) is 0 Å². The summed E-state index contributed by atoms with van der Waals surface area (Å²) >= 11 is 0. The fourth-order valence-electron chi connectivity index (χ4n) is 8.61. The monoisotopic (exact) mass is 1030 g/mol. The molecule has 2 amide bonds. The zero-order valence-electron chi connectivity index (χ0n) is 40.2. The predicted octanol–water partition coefficient (Wildman–Crippen LogP) is 7.26. The van der Waals surface area contributed by atoms with Crippen molar-refractivity contribution in [1.29, 1.82) is 0 Å². The number of aromatic nitrogens is 9. The van der Waals surface area contributed by atoms with Crippen molar-refractivity contribution in [3.05, 3.63) is 132 Å². The molecule has 378 valence electrons. The zero-order valence-corrected chi connectivity index (χ0v) is 41.0. The van der Waals surface area contributed by atoms with Crippen molar-refractivity contribution in [3.8, 4) is 0 Å². The Hall–Kier alpha value is -8.51. The Morgan fingerprint density at radius 2 is 1.36 bits per heavy atom. The van der Waals surface area contributed by atoms with E-state index in [4.69, 9.17) is 19.9 Å². The molecule has 74 heavy (non-hydrogen) atoms. The summed E-state index contributed by atoms with van der Waals surface area (Å²) in [7, 11) is -0.924. The summed E-state index contributed by atoms with van der Waals surface area (Å²) in [6.45, 7) is 5.17. The highest BCUT2D eigenvalue weighted by Gasteiger charge is 2.31. The third-order valence-electron chi connectivity index (χ3n) is 12.7. The maximum absolute atomic E-state index is 14.0. The number of hydrogen-bond donors (Lipinski definition) is 4. The lowest BCUT2D eigenvalue weighted by atomic mass is 10.1. The number of pyridine rings is 1. The van der Waals surface area contributed by atoms with Crippen LogP contribution in [-0.4, -0.2) is 105 Å². The molecule has 7 heterocycles. The second kappa shape index (κ2) is 20.2. The minimum absolute atomic E-state index is 0.0147. The number of nitrogens with one attached hydrogen (secondary N) is 4. The number of anilines is 8. The molecule has 2 saturated heterocycles. The molecule has 24 heteroatoms. The Labute approximate surface area is 422 Å². The molecule has 0 atom stereocenters. The number of sulfonamides is 1. The Kier molecular flexibility index (Phi) is 13.4. The summed E-state index contributed by atoms with van der Waals surface area (Å²) in [6, 6.07) is 17.6. The van der Waals surface area contributed by atoms with Gasteiger partial charge in [0.1, 0.15) is 29.7 Å². The predicted molar refractivity (Wildman–Crippen MR) is 271 cm³/mol. The number of benzene rings is 3. The second-order valence-electron chi connectivity index (χ2n) is 17.9. The van der Waals surface area contributed by atoms with E-state index < -0.39 is 33.6 Å². The number of carbonyl (C=O) groups excluding carboxylic acids is 2. The molecular formula is C50H48F3N16O4S+. The van der Waals surface area contributed by atoms with Crippen LogP contribution < -0.4 is 35.6 Å². The molecule has 5 aromatic heterocycles. The molecule has 4 N–H and O–H groups in total. The van der Waals surface area contributed by atoms with Crippen molar-refractivity contribution in [3.63, 3.8) is 0 Å². The third kappa shape index (κ3) is 10.4. The van der Waals surface area contributed by atoms with Crippen LogP contribution in [0.15, 0.2) is 109 Å². The summed E-state index contributed by atoms with van der Waals surface area (Å²) in [5, 5.41) is 12.1. The quantitative estimate of drug-likeness (QED) is 0.0785. The van der Waals surface area contributed by atoms with Gasteiger partial charge >= 0.3 is 6.18 Å². The topological polar surface area (TPSA) is 233 Å². The van der Waals surface area contributed by atoms with E-state index in [1.807, 2.05) is 11.5 Å². The van der Waals surface area contributed by atoms with Crippen LogP contribution in [0.1, 0.15) is 63.1 Å². The maximum atomic E-state index is 14.0. The fourth-order valence-corrected chi connectivity index (χ4v) is 9.56. The Morgan fingerprint density at radius 3 is 2.08 bits per heavy atom. The van der Waals surface area contributed by atoms with Gasteiger partial charge in [0.15, 0.2) is 16.9 Å². The first-order valence-electron chi connectivity index (χ1n) is 23.6. The molecule has 8 aromatic rings. The maximum Gasteiger partial charge on any atom is 0.416 e. The fraction of sp³-hybridized carbons (Fsp3) is 0.260. The second-order valence-corrected chi connectivity index (χ2v) is 20.1. The highest BCUT2D eigenvalue weighted by molar-refractivity contribution is 7.89. The number of halogens is 3. The lowest BCUT2D eigenvalue weighted by Gasteiger charge is -2.17. The Balaban J connectivity index is 1.01. The van der Waals surface area contributed by atoms with Gasteiger partial charge in [-0.3, -0.25) is 9.59 Å². The molecule has 0 aliphatic carbocycles. The summed E-state index contributed by atoms with van der Waals surface area (Å²) in [5.41, 5.74) is 4.09. The largest absolute Gasteiger partial charge is 0.416 e. The molecule has 0 saturated carbocycles. The average molecular weight is 1030 g/mol. The molecular weight excluding hydrogens is 978 g/mol. The molecule has 0 bridgehead atoms. The first-order chi connectivity index (χ1) is 35.6. The van der Waals surface area contributed by atoms with Crippen molar-refractivity contribution >= 4 is 90.3 Å². The lowest BCUT2D eigenvalue weighted by Crippen LogP contribution is -2.37. The van der Waals surface area contributed by atoms with Crippen molar-refractivity contribution < 1.29 is 35.7 Å². The van der Waals surface area contributed by atoms with Crippen molar-refractivity contribution in [2.45, 2.75) is 50.2 Å². The van der Waals surface area contributed by atoms with Crippen LogP contribution in [0.2, 0.25) is 0 Å². The molecule has 3 aromatic carbocycles. The van der Waals surface area contributed by atoms with Crippen molar-refractivity contribution in [2.24, 2.45) is 0 Å². The van der Waals surface area contributed by atoms with E-state index in [0.29, 0.717) is 62.5 Å². The molecule has 2 aliphatic rings. The normalized spacial score (nSPS) is 14.0. The van der Waals surface area contributed by atoms with Crippen molar-refractivity contribution in [1.82, 2.24) is 44.2 Å². The van der Waals surface area contributed by atoms with Gasteiger partial charge in [0.05, 0.1) is 22.9 Å². The third-order valence-corrected chi connectivity index (χ3v) is 14.5. The van der Waals surface area contributed by atoms with Crippen LogP contribution in [0.3, 0.4) is 0 Å². The van der Waals surface area contributed by atoms with E-state index in [9.17, 15) is 31.2 Å². The van der Waals surface area contributed by atoms with Crippen LogP contribution in [0.5, 0.6) is 0 Å². The summed E-state index contributed by atoms with van der Waals surface area (Å²) in [5.74, 6) is 0.322. The summed E-state index contributed by atoms with van der Waals surface area (Å²) in [6.07, 6.45) is 6.75. The molecule has 0 unspecified atom stereocenters. The number of alkyl halides is 3. The number of aryl methyl sites for hydroxylation is 1. The van der Waals surface area contributed by atoms with E-state index in [0.717, 1.165) is 80.1 Å².